The second-order valence-electron chi connectivity index (χ2n) is 4.61. The summed E-state index contributed by atoms with van der Waals surface area (Å²) in [6.45, 7) is 2.39. The maximum Gasteiger partial charge on any atom is 0.276 e. The van der Waals surface area contributed by atoms with Crippen LogP contribution in [0.4, 0.5) is 0 Å². The van der Waals surface area contributed by atoms with Gasteiger partial charge in [0.1, 0.15) is 5.75 Å². The van der Waals surface area contributed by atoms with Gasteiger partial charge in [-0.2, -0.15) is 8.42 Å². The number of nitrogens with one attached hydrogen (secondary N) is 2. The van der Waals surface area contributed by atoms with E-state index < -0.39 is 10.2 Å². The van der Waals surface area contributed by atoms with Gasteiger partial charge < -0.3 is 9.64 Å². The van der Waals surface area contributed by atoms with Crippen molar-refractivity contribution in [3.05, 3.63) is 29.8 Å². The normalized spacial score (nSPS) is 13.4. The second kappa shape index (κ2) is 7.58. The lowest BCUT2D eigenvalue weighted by atomic mass is 10.1. The van der Waals surface area contributed by atoms with Crippen molar-refractivity contribution in [2.24, 2.45) is 0 Å². The molecular formula is C13H23N3O3S. The molecule has 0 spiro atoms. The number of rotatable bonds is 8. The molecule has 1 aromatic carbocycles. The summed E-state index contributed by atoms with van der Waals surface area (Å²) < 4.78 is 33.5. The molecule has 0 bridgehead atoms. The molecule has 1 aromatic rings. The molecule has 0 aromatic heterocycles. The van der Waals surface area contributed by atoms with Gasteiger partial charge >= 0.3 is 0 Å². The Labute approximate surface area is 121 Å². The lowest BCUT2D eigenvalue weighted by Gasteiger charge is -2.25. The van der Waals surface area contributed by atoms with Crippen LogP contribution in [0.1, 0.15) is 18.5 Å². The van der Waals surface area contributed by atoms with Crippen molar-refractivity contribution in [3.63, 3.8) is 0 Å². The highest BCUT2D eigenvalue weighted by molar-refractivity contribution is 7.87. The van der Waals surface area contributed by atoms with Crippen molar-refractivity contribution in [1.82, 2.24) is 14.3 Å². The van der Waals surface area contributed by atoms with Crippen LogP contribution in [0.5, 0.6) is 5.75 Å². The van der Waals surface area contributed by atoms with E-state index in [0.717, 1.165) is 11.3 Å². The van der Waals surface area contributed by atoms with Crippen LogP contribution >= 0.6 is 0 Å². The Balaban J connectivity index is 2.84. The second-order valence-corrected chi connectivity index (χ2v) is 6.19. The zero-order chi connectivity index (χ0) is 15.2. The molecule has 6 nitrogen and oxygen atoms in total. The van der Waals surface area contributed by atoms with Gasteiger partial charge in [-0.1, -0.05) is 19.1 Å². The van der Waals surface area contributed by atoms with E-state index in [2.05, 4.69) is 9.44 Å². The van der Waals surface area contributed by atoms with E-state index in [0.29, 0.717) is 6.54 Å². The molecule has 0 aliphatic rings. The van der Waals surface area contributed by atoms with Gasteiger partial charge in [0.15, 0.2) is 0 Å². The third-order valence-corrected chi connectivity index (χ3v) is 4.12. The summed E-state index contributed by atoms with van der Waals surface area (Å²) in [7, 11) is 1.98. The molecule has 0 amide bonds. The average Bonchev–Trinajstić information content (AvgIpc) is 2.38. The lowest BCUT2D eigenvalue weighted by molar-refractivity contribution is 0.298. The molecule has 0 aliphatic carbocycles. The molecule has 0 saturated carbocycles. The Kier molecular flexibility index (Phi) is 6.41. The van der Waals surface area contributed by atoms with Gasteiger partial charge in [0.25, 0.3) is 10.2 Å². The van der Waals surface area contributed by atoms with Crippen LogP contribution in [0.3, 0.4) is 0 Å². The highest BCUT2D eigenvalue weighted by atomic mass is 32.2. The van der Waals surface area contributed by atoms with Gasteiger partial charge in [0, 0.05) is 19.1 Å². The van der Waals surface area contributed by atoms with Crippen molar-refractivity contribution < 1.29 is 13.2 Å². The number of hydrogen-bond acceptors (Lipinski definition) is 4. The van der Waals surface area contributed by atoms with E-state index in [1.54, 1.807) is 14.0 Å². The topological polar surface area (TPSA) is 70.7 Å². The SMILES string of the molecule is CCNS(=O)(=O)NCC(c1cccc(OC)c1)N(C)C. The fourth-order valence-electron chi connectivity index (χ4n) is 1.88. The lowest BCUT2D eigenvalue weighted by Crippen LogP contribution is -2.41. The third-order valence-electron chi connectivity index (χ3n) is 2.90. The molecular weight excluding hydrogens is 278 g/mol. The van der Waals surface area contributed by atoms with Crippen LogP contribution in [0.15, 0.2) is 24.3 Å². The smallest absolute Gasteiger partial charge is 0.276 e. The third kappa shape index (κ3) is 5.09. The predicted octanol–water partition coefficient (Wildman–Crippen LogP) is 0.742. The first-order valence-corrected chi connectivity index (χ1v) is 7.92. The van der Waals surface area contributed by atoms with Crippen molar-refractivity contribution in [2.45, 2.75) is 13.0 Å². The summed E-state index contributed by atoms with van der Waals surface area (Å²) in [5, 5.41) is 0. The summed E-state index contributed by atoms with van der Waals surface area (Å²) in [5.41, 5.74) is 0.994. The van der Waals surface area contributed by atoms with Crippen LogP contribution < -0.4 is 14.2 Å². The fourth-order valence-corrected chi connectivity index (χ4v) is 2.74. The molecule has 1 unspecified atom stereocenters. The summed E-state index contributed by atoms with van der Waals surface area (Å²) in [6, 6.07) is 7.54. The van der Waals surface area contributed by atoms with Gasteiger partial charge in [-0.15, -0.1) is 0 Å². The molecule has 1 atom stereocenters. The first-order valence-electron chi connectivity index (χ1n) is 6.44. The highest BCUT2D eigenvalue weighted by Gasteiger charge is 2.17. The first-order chi connectivity index (χ1) is 9.39. The van der Waals surface area contributed by atoms with Crippen molar-refractivity contribution in [2.75, 3.05) is 34.3 Å². The van der Waals surface area contributed by atoms with Gasteiger partial charge in [0.05, 0.1) is 7.11 Å². The number of nitrogens with zero attached hydrogens (tertiary/aromatic N) is 1. The standard InChI is InChI=1S/C13H23N3O3S/c1-5-14-20(17,18)15-10-13(16(2)3)11-7-6-8-12(9-11)19-4/h6-9,13-15H,5,10H2,1-4H3. The number of ether oxygens (including phenoxy) is 1. The van der Waals surface area contributed by atoms with E-state index in [1.165, 1.54) is 0 Å². The monoisotopic (exact) mass is 301 g/mol. The quantitative estimate of drug-likeness (QED) is 0.743. The molecule has 7 heteroatoms. The van der Waals surface area contributed by atoms with Crippen LogP contribution in [0, 0.1) is 0 Å². The number of likely N-dealkylation sites (N-methyl/N-ethyl adjacent to an activating group) is 1. The minimum absolute atomic E-state index is 0.0708. The van der Waals surface area contributed by atoms with Gasteiger partial charge in [0.2, 0.25) is 0 Å². The molecule has 1 rings (SSSR count). The molecule has 0 radical (unpaired) electrons. The molecule has 0 saturated heterocycles. The predicted molar refractivity (Wildman–Crippen MR) is 80.0 cm³/mol. The maximum atomic E-state index is 11.6. The van der Waals surface area contributed by atoms with Crippen molar-refractivity contribution in [3.8, 4) is 5.75 Å². The van der Waals surface area contributed by atoms with E-state index in [4.69, 9.17) is 4.74 Å². The molecule has 0 heterocycles. The van der Waals surface area contributed by atoms with Crippen LogP contribution in [0.25, 0.3) is 0 Å². The van der Waals surface area contributed by atoms with Gasteiger partial charge in [-0.25, -0.2) is 9.44 Å². The Morgan fingerprint density at radius 2 is 2.00 bits per heavy atom. The van der Waals surface area contributed by atoms with Crippen LogP contribution in [-0.4, -0.2) is 47.6 Å². The number of methoxy groups -OCH3 is 1. The number of benzene rings is 1. The molecule has 0 aliphatic heterocycles. The minimum Gasteiger partial charge on any atom is -0.497 e. The van der Waals surface area contributed by atoms with E-state index in [9.17, 15) is 8.42 Å². The Morgan fingerprint density at radius 1 is 1.30 bits per heavy atom. The number of hydrogen-bond donors (Lipinski definition) is 2. The summed E-state index contributed by atoms with van der Waals surface area (Å²) in [4.78, 5) is 1.96. The Morgan fingerprint density at radius 3 is 2.55 bits per heavy atom. The summed E-state index contributed by atoms with van der Waals surface area (Å²) >= 11 is 0. The van der Waals surface area contributed by atoms with E-state index in [1.807, 2.05) is 43.3 Å². The van der Waals surface area contributed by atoms with E-state index >= 15 is 0 Å². The Bertz CT molecular complexity index is 517. The fraction of sp³-hybridized carbons (Fsp3) is 0.538. The van der Waals surface area contributed by atoms with Gasteiger partial charge in [-0.3, -0.25) is 0 Å². The first kappa shape index (κ1) is 16.9. The van der Waals surface area contributed by atoms with E-state index in [-0.39, 0.29) is 12.6 Å². The molecule has 2 N–H and O–H groups in total. The molecule has 0 fully saturated rings. The van der Waals surface area contributed by atoms with Crippen molar-refractivity contribution >= 4 is 10.2 Å². The summed E-state index contributed by atoms with van der Waals surface area (Å²) in [5.74, 6) is 0.754. The molecule has 114 valence electrons. The van der Waals surface area contributed by atoms with Gasteiger partial charge in [-0.05, 0) is 31.8 Å². The largest absolute Gasteiger partial charge is 0.497 e. The maximum absolute atomic E-state index is 11.6. The molecule has 20 heavy (non-hydrogen) atoms. The Hall–Kier alpha value is -1.15. The van der Waals surface area contributed by atoms with Crippen LogP contribution in [-0.2, 0) is 10.2 Å². The van der Waals surface area contributed by atoms with Crippen molar-refractivity contribution in [1.29, 1.82) is 0 Å². The zero-order valence-electron chi connectivity index (χ0n) is 12.4. The highest BCUT2D eigenvalue weighted by Crippen LogP contribution is 2.22. The average molecular weight is 301 g/mol. The van der Waals surface area contributed by atoms with Crippen LogP contribution in [0.2, 0.25) is 0 Å². The zero-order valence-corrected chi connectivity index (χ0v) is 13.2. The minimum atomic E-state index is -3.44. The summed E-state index contributed by atoms with van der Waals surface area (Å²) in [6.07, 6.45) is 0.